The lowest BCUT2D eigenvalue weighted by Crippen LogP contribution is -2.53. The second-order valence-corrected chi connectivity index (χ2v) is 4.94. The Labute approximate surface area is 102 Å². The van der Waals surface area contributed by atoms with Gasteiger partial charge >= 0.3 is 0 Å². The van der Waals surface area contributed by atoms with Gasteiger partial charge in [-0.15, -0.1) is 0 Å². The summed E-state index contributed by atoms with van der Waals surface area (Å²) in [6.45, 7) is 1.94. The van der Waals surface area contributed by atoms with Gasteiger partial charge in [0.15, 0.2) is 0 Å². The summed E-state index contributed by atoms with van der Waals surface area (Å²) < 4.78 is 0. The van der Waals surface area contributed by atoms with Gasteiger partial charge in [-0.2, -0.15) is 0 Å². The monoisotopic (exact) mass is 239 g/mol. The highest BCUT2D eigenvalue weighted by Gasteiger charge is 2.30. The number of likely N-dealkylation sites (N-methyl/N-ethyl adjacent to an activating group) is 1. The standard InChI is InChI=1S/C12H21N3O2/c1-15(9-5-7-13-8-6-9)12(17)10-3-2-4-11(16)14-10/h9-10,13H,2-8H2,1H3,(H,14,16). The van der Waals surface area contributed by atoms with Crippen LogP contribution in [0.2, 0.25) is 0 Å². The second kappa shape index (κ2) is 5.49. The van der Waals surface area contributed by atoms with E-state index in [9.17, 15) is 9.59 Å². The van der Waals surface area contributed by atoms with E-state index < -0.39 is 0 Å². The van der Waals surface area contributed by atoms with Gasteiger partial charge in [-0.3, -0.25) is 9.59 Å². The molecule has 96 valence electrons. The van der Waals surface area contributed by atoms with Crippen LogP contribution in [0.5, 0.6) is 0 Å². The van der Waals surface area contributed by atoms with Crippen LogP contribution in [0.25, 0.3) is 0 Å². The van der Waals surface area contributed by atoms with Crippen LogP contribution >= 0.6 is 0 Å². The maximum atomic E-state index is 12.2. The van der Waals surface area contributed by atoms with Crippen molar-refractivity contribution in [3.8, 4) is 0 Å². The van der Waals surface area contributed by atoms with Gasteiger partial charge in [0.2, 0.25) is 11.8 Å². The molecule has 2 saturated heterocycles. The molecule has 1 atom stereocenters. The average Bonchev–Trinajstić information content (AvgIpc) is 2.38. The third-order valence-corrected chi connectivity index (χ3v) is 3.73. The maximum Gasteiger partial charge on any atom is 0.245 e. The summed E-state index contributed by atoms with van der Waals surface area (Å²) in [6, 6.07) is 0.0266. The van der Waals surface area contributed by atoms with E-state index in [2.05, 4.69) is 10.6 Å². The van der Waals surface area contributed by atoms with Crippen LogP contribution < -0.4 is 10.6 Å². The van der Waals surface area contributed by atoms with Gasteiger partial charge in [0.05, 0.1) is 0 Å². The molecule has 2 amide bonds. The van der Waals surface area contributed by atoms with Crippen molar-refractivity contribution < 1.29 is 9.59 Å². The summed E-state index contributed by atoms with van der Waals surface area (Å²) in [5, 5.41) is 6.08. The number of nitrogens with one attached hydrogen (secondary N) is 2. The lowest BCUT2D eigenvalue weighted by molar-refractivity contribution is -0.139. The third kappa shape index (κ3) is 2.97. The van der Waals surface area contributed by atoms with Crippen molar-refractivity contribution in [2.45, 2.75) is 44.2 Å². The molecule has 0 aliphatic carbocycles. The number of piperidine rings is 2. The predicted octanol–water partition coefficient (Wildman–Crippen LogP) is -0.134. The molecule has 0 radical (unpaired) electrons. The summed E-state index contributed by atoms with van der Waals surface area (Å²) in [4.78, 5) is 25.3. The van der Waals surface area contributed by atoms with Gasteiger partial charge in [0.1, 0.15) is 6.04 Å². The zero-order chi connectivity index (χ0) is 12.3. The molecule has 17 heavy (non-hydrogen) atoms. The normalized spacial score (nSPS) is 26.4. The minimum Gasteiger partial charge on any atom is -0.344 e. The Kier molecular flexibility index (Phi) is 3.99. The first-order valence-electron chi connectivity index (χ1n) is 6.45. The molecule has 0 spiro atoms. The number of rotatable bonds is 2. The summed E-state index contributed by atoms with van der Waals surface area (Å²) in [7, 11) is 1.86. The van der Waals surface area contributed by atoms with Crippen LogP contribution in [0.3, 0.4) is 0 Å². The highest BCUT2D eigenvalue weighted by atomic mass is 16.2. The highest BCUT2D eigenvalue weighted by molar-refractivity contribution is 5.88. The van der Waals surface area contributed by atoms with Crippen molar-refractivity contribution >= 4 is 11.8 Å². The molecule has 2 fully saturated rings. The number of amides is 2. The first-order valence-corrected chi connectivity index (χ1v) is 6.45. The van der Waals surface area contributed by atoms with Crippen molar-refractivity contribution in [2.75, 3.05) is 20.1 Å². The molecular formula is C12H21N3O2. The van der Waals surface area contributed by atoms with E-state index >= 15 is 0 Å². The van der Waals surface area contributed by atoms with Crippen molar-refractivity contribution in [3.05, 3.63) is 0 Å². The van der Waals surface area contributed by atoms with Gasteiger partial charge in [-0.05, 0) is 38.8 Å². The van der Waals surface area contributed by atoms with Crippen LogP contribution in [-0.4, -0.2) is 48.9 Å². The average molecular weight is 239 g/mol. The van der Waals surface area contributed by atoms with Crippen molar-refractivity contribution in [1.82, 2.24) is 15.5 Å². The molecular weight excluding hydrogens is 218 g/mol. The Balaban J connectivity index is 1.91. The Bertz CT molecular complexity index is 300. The molecule has 0 aromatic rings. The topological polar surface area (TPSA) is 61.4 Å². The number of hydrogen-bond donors (Lipinski definition) is 2. The van der Waals surface area contributed by atoms with E-state index in [1.165, 1.54) is 0 Å². The fraction of sp³-hybridized carbons (Fsp3) is 0.833. The Morgan fingerprint density at radius 1 is 1.29 bits per heavy atom. The van der Waals surface area contributed by atoms with Crippen molar-refractivity contribution in [2.24, 2.45) is 0 Å². The SMILES string of the molecule is CN(C(=O)C1CCCC(=O)N1)C1CCNCC1. The zero-order valence-electron chi connectivity index (χ0n) is 10.4. The third-order valence-electron chi connectivity index (χ3n) is 3.73. The molecule has 2 aliphatic rings. The maximum absolute atomic E-state index is 12.2. The van der Waals surface area contributed by atoms with E-state index in [0.717, 1.165) is 38.8 Å². The number of hydrogen-bond acceptors (Lipinski definition) is 3. The van der Waals surface area contributed by atoms with Crippen LogP contribution in [0, 0.1) is 0 Å². The predicted molar refractivity (Wildman–Crippen MR) is 64.4 cm³/mol. The molecule has 2 N–H and O–H groups in total. The van der Waals surface area contributed by atoms with Crippen LogP contribution in [0.4, 0.5) is 0 Å². The van der Waals surface area contributed by atoms with Gasteiger partial charge < -0.3 is 15.5 Å². The highest BCUT2D eigenvalue weighted by Crippen LogP contribution is 2.15. The Morgan fingerprint density at radius 2 is 2.00 bits per heavy atom. The minimum absolute atomic E-state index is 0.00770. The van der Waals surface area contributed by atoms with Crippen molar-refractivity contribution in [1.29, 1.82) is 0 Å². The van der Waals surface area contributed by atoms with E-state index in [-0.39, 0.29) is 17.9 Å². The molecule has 2 rings (SSSR count). The summed E-state index contributed by atoms with van der Waals surface area (Å²) in [6.07, 6.45) is 4.16. The molecule has 1 unspecified atom stereocenters. The molecule has 0 saturated carbocycles. The Hall–Kier alpha value is -1.10. The minimum atomic E-state index is -0.295. The molecule has 5 nitrogen and oxygen atoms in total. The second-order valence-electron chi connectivity index (χ2n) is 4.94. The van der Waals surface area contributed by atoms with Crippen LogP contribution in [0.1, 0.15) is 32.1 Å². The molecule has 0 bridgehead atoms. The summed E-state index contributed by atoms with van der Waals surface area (Å²) in [5.74, 6) is 0.0817. The van der Waals surface area contributed by atoms with E-state index in [1.54, 1.807) is 0 Å². The molecule has 0 aromatic carbocycles. The first-order chi connectivity index (χ1) is 8.18. The number of carbonyl (C=O) groups is 2. The van der Waals surface area contributed by atoms with E-state index in [1.807, 2.05) is 11.9 Å². The molecule has 5 heteroatoms. The van der Waals surface area contributed by atoms with Gasteiger partial charge in [-0.25, -0.2) is 0 Å². The summed E-state index contributed by atoms with van der Waals surface area (Å²) >= 11 is 0. The number of carbonyl (C=O) groups excluding carboxylic acids is 2. The summed E-state index contributed by atoms with van der Waals surface area (Å²) in [5.41, 5.74) is 0. The Morgan fingerprint density at radius 3 is 2.65 bits per heavy atom. The fourth-order valence-electron chi connectivity index (χ4n) is 2.61. The van der Waals surface area contributed by atoms with Gasteiger partial charge in [-0.1, -0.05) is 0 Å². The quantitative estimate of drug-likeness (QED) is 0.705. The number of nitrogens with zero attached hydrogens (tertiary/aromatic N) is 1. The van der Waals surface area contributed by atoms with Crippen molar-refractivity contribution in [3.63, 3.8) is 0 Å². The smallest absolute Gasteiger partial charge is 0.245 e. The van der Waals surface area contributed by atoms with Gasteiger partial charge in [0.25, 0.3) is 0 Å². The molecule has 0 aromatic heterocycles. The first kappa shape index (κ1) is 12.4. The zero-order valence-corrected chi connectivity index (χ0v) is 10.4. The van der Waals surface area contributed by atoms with Crippen LogP contribution in [-0.2, 0) is 9.59 Å². The van der Waals surface area contributed by atoms with E-state index in [0.29, 0.717) is 12.5 Å². The van der Waals surface area contributed by atoms with Crippen LogP contribution in [0.15, 0.2) is 0 Å². The molecule has 2 aliphatic heterocycles. The lowest BCUT2D eigenvalue weighted by Gasteiger charge is -2.35. The molecule has 2 heterocycles. The largest absolute Gasteiger partial charge is 0.344 e. The van der Waals surface area contributed by atoms with Gasteiger partial charge in [0, 0.05) is 19.5 Å². The van der Waals surface area contributed by atoms with E-state index in [4.69, 9.17) is 0 Å². The lowest BCUT2D eigenvalue weighted by atomic mass is 10.0. The fourth-order valence-corrected chi connectivity index (χ4v) is 2.61.